The molecule has 7 nitrogen and oxygen atoms in total. The molecule has 7 heteroatoms. The molecule has 0 amide bonds. The van der Waals surface area contributed by atoms with Crippen molar-refractivity contribution >= 4 is 17.9 Å². The molecule has 0 unspecified atom stereocenters. The Morgan fingerprint density at radius 1 is 1.10 bits per heavy atom. The average Bonchev–Trinajstić information content (AvgIpc) is 2.36. The van der Waals surface area contributed by atoms with Crippen molar-refractivity contribution in [3.8, 4) is 0 Å². The number of hydrogen-bond donors (Lipinski definition) is 4. The lowest BCUT2D eigenvalue weighted by molar-refractivity contribution is -0.136. The molecule has 4 N–H and O–H groups in total. The van der Waals surface area contributed by atoms with Gasteiger partial charge in [0.25, 0.3) is 0 Å². The first kappa shape index (κ1) is 15.6. The largest absolute Gasteiger partial charge is 0.480 e. The van der Waals surface area contributed by atoms with Crippen LogP contribution in [-0.2, 0) is 17.8 Å². The minimum Gasteiger partial charge on any atom is -0.480 e. The zero-order valence-corrected chi connectivity index (χ0v) is 10.8. The van der Waals surface area contributed by atoms with E-state index in [1.807, 2.05) is 0 Å². The Hall–Kier alpha value is -2.41. The fraction of sp³-hybridized carbons (Fsp3) is 0.308. The van der Waals surface area contributed by atoms with Gasteiger partial charge in [0.2, 0.25) is 0 Å². The highest BCUT2D eigenvalue weighted by Crippen LogP contribution is 2.19. The van der Waals surface area contributed by atoms with E-state index in [2.05, 4.69) is 5.32 Å². The lowest BCUT2D eigenvalue weighted by Gasteiger charge is -2.13. The molecule has 1 aromatic carbocycles. The first-order valence-electron chi connectivity index (χ1n) is 5.91. The summed E-state index contributed by atoms with van der Waals surface area (Å²) in [5, 5.41) is 29.3. The highest BCUT2D eigenvalue weighted by Gasteiger charge is 2.17. The van der Waals surface area contributed by atoms with Crippen LogP contribution in [0.3, 0.4) is 0 Å². The van der Waals surface area contributed by atoms with Crippen molar-refractivity contribution in [2.24, 2.45) is 0 Å². The molecule has 0 radical (unpaired) electrons. The van der Waals surface area contributed by atoms with Crippen molar-refractivity contribution < 1.29 is 29.7 Å². The Bertz CT molecular complexity index is 552. The average molecular weight is 281 g/mol. The van der Waals surface area contributed by atoms with E-state index in [1.54, 1.807) is 6.92 Å². The molecule has 0 aliphatic heterocycles. The molecule has 0 aliphatic carbocycles. The Labute approximate surface area is 114 Å². The van der Waals surface area contributed by atoms with Crippen LogP contribution in [0, 0.1) is 0 Å². The summed E-state index contributed by atoms with van der Waals surface area (Å²) in [6.45, 7) is 1.56. The zero-order valence-electron chi connectivity index (χ0n) is 10.8. The van der Waals surface area contributed by atoms with Gasteiger partial charge in [-0.05, 0) is 29.7 Å². The predicted molar refractivity (Wildman–Crippen MR) is 69.1 cm³/mol. The van der Waals surface area contributed by atoms with Crippen molar-refractivity contribution in [3.05, 3.63) is 34.4 Å². The Morgan fingerprint density at radius 3 is 2.20 bits per heavy atom. The third kappa shape index (κ3) is 3.79. The summed E-state index contributed by atoms with van der Waals surface area (Å²) in [7, 11) is 0. The molecule has 0 heterocycles. The minimum absolute atomic E-state index is 0.0699. The van der Waals surface area contributed by atoms with Crippen molar-refractivity contribution in [3.63, 3.8) is 0 Å². The summed E-state index contributed by atoms with van der Waals surface area (Å²) in [6.07, 6.45) is 0.408. The fourth-order valence-electron chi connectivity index (χ4n) is 1.93. The topological polar surface area (TPSA) is 124 Å². The summed E-state index contributed by atoms with van der Waals surface area (Å²) >= 11 is 0. The second-order valence-electron chi connectivity index (χ2n) is 4.12. The van der Waals surface area contributed by atoms with Gasteiger partial charge in [0.15, 0.2) is 0 Å². The summed E-state index contributed by atoms with van der Waals surface area (Å²) in [4.78, 5) is 32.6. The second kappa shape index (κ2) is 6.67. The number of hydrogen-bond acceptors (Lipinski definition) is 4. The van der Waals surface area contributed by atoms with Crippen LogP contribution in [0.4, 0.5) is 0 Å². The summed E-state index contributed by atoms with van der Waals surface area (Å²) in [6, 6.07) is 2.48. The monoisotopic (exact) mass is 281 g/mol. The van der Waals surface area contributed by atoms with Gasteiger partial charge >= 0.3 is 17.9 Å². The van der Waals surface area contributed by atoms with E-state index in [4.69, 9.17) is 15.3 Å². The van der Waals surface area contributed by atoms with Gasteiger partial charge in [-0.25, -0.2) is 9.59 Å². The highest BCUT2D eigenvalue weighted by molar-refractivity contribution is 5.95. The van der Waals surface area contributed by atoms with Crippen LogP contribution in [0.15, 0.2) is 12.1 Å². The maximum atomic E-state index is 11.2. The molecular formula is C13H15NO6. The summed E-state index contributed by atoms with van der Waals surface area (Å²) < 4.78 is 0. The fourth-order valence-corrected chi connectivity index (χ4v) is 1.93. The number of nitrogens with one attached hydrogen (secondary N) is 1. The highest BCUT2D eigenvalue weighted by atomic mass is 16.4. The van der Waals surface area contributed by atoms with Crippen LogP contribution in [-0.4, -0.2) is 39.8 Å². The number of carbonyl (C=O) groups is 3. The van der Waals surface area contributed by atoms with Gasteiger partial charge < -0.3 is 20.6 Å². The standard InChI is InChI=1S/C13H15NO6/c1-2-9-8(5-14-6-11(15)16)3-7(12(17)18)4-10(9)13(19)20/h3-4,14H,2,5-6H2,1H3,(H,15,16)(H,17,18)(H,19,20). The predicted octanol–water partition coefficient (Wildman–Crippen LogP) is 0.820. The van der Waals surface area contributed by atoms with Crippen molar-refractivity contribution in [2.45, 2.75) is 19.9 Å². The van der Waals surface area contributed by atoms with Gasteiger partial charge in [-0.1, -0.05) is 6.92 Å². The molecule has 0 saturated heterocycles. The third-order valence-corrected chi connectivity index (χ3v) is 2.76. The number of benzene rings is 1. The molecule has 108 valence electrons. The molecular weight excluding hydrogens is 266 g/mol. The number of carboxylic acids is 3. The maximum Gasteiger partial charge on any atom is 0.335 e. The van der Waals surface area contributed by atoms with Crippen molar-refractivity contribution in [1.82, 2.24) is 5.32 Å². The molecule has 0 spiro atoms. The molecule has 0 fully saturated rings. The quantitative estimate of drug-likeness (QED) is 0.583. The van der Waals surface area contributed by atoms with E-state index in [0.29, 0.717) is 17.5 Å². The normalized spacial score (nSPS) is 10.2. The van der Waals surface area contributed by atoms with Crippen LogP contribution in [0.1, 0.15) is 38.8 Å². The minimum atomic E-state index is -1.23. The lowest BCUT2D eigenvalue weighted by Crippen LogP contribution is -2.23. The maximum absolute atomic E-state index is 11.2. The molecule has 1 rings (SSSR count). The van der Waals surface area contributed by atoms with Crippen LogP contribution >= 0.6 is 0 Å². The second-order valence-corrected chi connectivity index (χ2v) is 4.12. The Balaban J connectivity index is 3.20. The number of carboxylic acid groups (broad SMARTS) is 3. The molecule has 0 saturated carbocycles. The van der Waals surface area contributed by atoms with Crippen LogP contribution in [0.2, 0.25) is 0 Å². The third-order valence-electron chi connectivity index (χ3n) is 2.76. The van der Waals surface area contributed by atoms with Crippen molar-refractivity contribution in [1.29, 1.82) is 0 Å². The van der Waals surface area contributed by atoms with Gasteiger partial charge in [-0.15, -0.1) is 0 Å². The van der Waals surface area contributed by atoms with E-state index in [0.717, 1.165) is 6.07 Å². The van der Waals surface area contributed by atoms with Gasteiger partial charge in [-0.3, -0.25) is 4.79 Å². The smallest absolute Gasteiger partial charge is 0.335 e. The van der Waals surface area contributed by atoms with Gasteiger partial charge in [0, 0.05) is 6.54 Å². The number of aliphatic carboxylic acids is 1. The van der Waals surface area contributed by atoms with Crippen LogP contribution in [0.5, 0.6) is 0 Å². The number of rotatable bonds is 7. The Kier molecular flexibility index (Phi) is 5.22. The van der Waals surface area contributed by atoms with Crippen molar-refractivity contribution in [2.75, 3.05) is 6.54 Å². The molecule has 0 atom stereocenters. The summed E-state index contributed by atoms with van der Waals surface area (Å²) in [5.74, 6) is -3.48. The van der Waals surface area contributed by atoms with Crippen LogP contribution < -0.4 is 5.32 Å². The van der Waals surface area contributed by atoms with E-state index >= 15 is 0 Å². The van der Waals surface area contributed by atoms with E-state index in [-0.39, 0.29) is 24.2 Å². The number of aromatic carboxylic acids is 2. The van der Waals surface area contributed by atoms with Gasteiger partial charge in [-0.2, -0.15) is 0 Å². The van der Waals surface area contributed by atoms with Gasteiger partial charge in [0.1, 0.15) is 0 Å². The Morgan fingerprint density at radius 2 is 1.75 bits per heavy atom. The summed E-state index contributed by atoms with van der Waals surface area (Å²) in [5.41, 5.74) is 0.776. The van der Waals surface area contributed by atoms with Gasteiger partial charge in [0.05, 0.1) is 17.7 Å². The van der Waals surface area contributed by atoms with E-state index < -0.39 is 17.9 Å². The lowest BCUT2D eigenvalue weighted by atomic mass is 9.95. The zero-order chi connectivity index (χ0) is 15.3. The molecule has 0 aliphatic rings. The molecule has 0 aromatic heterocycles. The molecule has 0 bridgehead atoms. The van der Waals surface area contributed by atoms with Crippen LogP contribution in [0.25, 0.3) is 0 Å². The van der Waals surface area contributed by atoms with E-state index in [9.17, 15) is 14.4 Å². The van der Waals surface area contributed by atoms with E-state index in [1.165, 1.54) is 6.07 Å². The first-order valence-corrected chi connectivity index (χ1v) is 5.91. The molecule has 20 heavy (non-hydrogen) atoms. The molecule has 1 aromatic rings. The SMILES string of the molecule is CCc1c(CNCC(=O)O)cc(C(=O)O)cc1C(=O)O. The first-order chi connectivity index (χ1) is 9.36.